The quantitative estimate of drug-likeness (QED) is 0.711. The van der Waals surface area contributed by atoms with Crippen molar-refractivity contribution < 1.29 is 0 Å². The second-order valence-electron chi connectivity index (χ2n) is 5.93. The minimum atomic E-state index is 0.211. The third kappa shape index (κ3) is 2.24. The first-order valence-electron chi connectivity index (χ1n) is 7.71. The van der Waals surface area contributed by atoms with Crippen molar-refractivity contribution in [3.05, 3.63) is 82.0 Å². The molecule has 0 amide bonds. The van der Waals surface area contributed by atoms with Crippen LogP contribution in [0.25, 0.3) is 11.1 Å². The highest BCUT2D eigenvalue weighted by molar-refractivity contribution is 6.30. The van der Waals surface area contributed by atoms with Gasteiger partial charge in [0.15, 0.2) is 0 Å². The van der Waals surface area contributed by atoms with E-state index in [1.165, 1.54) is 11.1 Å². The SMILES string of the molecule is N#Cc1c(N)ncc2c1-c1ccccc1C(c1ccc(Cl)cc1)C2. The highest BCUT2D eigenvalue weighted by Crippen LogP contribution is 2.44. The van der Waals surface area contributed by atoms with Gasteiger partial charge >= 0.3 is 0 Å². The number of halogens is 1. The maximum atomic E-state index is 9.53. The lowest BCUT2D eigenvalue weighted by Gasteiger charge is -2.29. The molecule has 4 heteroatoms. The first-order chi connectivity index (χ1) is 11.7. The Hall–Kier alpha value is -2.83. The molecule has 0 saturated carbocycles. The van der Waals surface area contributed by atoms with Crippen LogP contribution in [-0.2, 0) is 6.42 Å². The molecule has 116 valence electrons. The average Bonchev–Trinajstić information content (AvgIpc) is 2.62. The molecule has 1 aliphatic rings. The molecule has 3 aromatic rings. The van der Waals surface area contributed by atoms with Gasteiger partial charge in [0.1, 0.15) is 17.5 Å². The average molecular weight is 332 g/mol. The van der Waals surface area contributed by atoms with Gasteiger partial charge in [-0.1, -0.05) is 48.0 Å². The summed E-state index contributed by atoms with van der Waals surface area (Å²) in [4.78, 5) is 4.21. The molecule has 1 unspecified atom stereocenters. The van der Waals surface area contributed by atoms with Crippen molar-refractivity contribution in [3.63, 3.8) is 0 Å². The number of pyridine rings is 1. The van der Waals surface area contributed by atoms with E-state index in [1.54, 1.807) is 6.20 Å². The van der Waals surface area contributed by atoms with Crippen LogP contribution in [0.3, 0.4) is 0 Å². The molecule has 0 spiro atoms. The smallest absolute Gasteiger partial charge is 0.141 e. The minimum Gasteiger partial charge on any atom is -0.383 e. The Labute approximate surface area is 145 Å². The molecule has 0 saturated heterocycles. The molecule has 0 radical (unpaired) electrons. The lowest BCUT2D eigenvalue weighted by Crippen LogP contribution is -2.15. The van der Waals surface area contributed by atoms with Crippen molar-refractivity contribution in [2.75, 3.05) is 5.73 Å². The zero-order chi connectivity index (χ0) is 16.7. The number of hydrogen-bond donors (Lipinski definition) is 1. The van der Waals surface area contributed by atoms with Crippen LogP contribution in [0, 0.1) is 11.3 Å². The molecule has 0 aliphatic heterocycles. The molecule has 2 N–H and O–H groups in total. The van der Waals surface area contributed by atoms with Crippen LogP contribution in [0.1, 0.15) is 28.2 Å². The molecule has 0 fully saturated rings. The standard InChI is InChI=1S/C20H14ClN3/c21-14-7-5-12(6-8-14)17-9-13-11-24-20(23)18(10-22)19(13)16-4-2-1-3-15(16)17/h1-8,11,17H,9H2,(H2,23,24). The fourth-order valence-corrected chi connectivity index (χ4v) is 3.62. The molecule has 24 heavy (non-hydrogen) atoms. The van der Waals surface area contributed by atoms with E-state index in [4.69, 9.17) is 17.3 Å². The van der Waals surface area contributed by atoms with Crippen LogP contribution in [0.4, 0.5) is 5.82 Å². The van der Waals surface area contributed by atoms with Gasteiger partial charge < -0.3 is 5.73 Å². The Morgan fingerprint density at radius 2 is 1.88 bits per heavy atom. The van der Waals surface area contributed by atoms with Crippen molar-refractivity contribution >= 4 is 17.4 Å². The number of nitrogen functional groups attached to an aromatic ring is 1. The van der Waals surface area contributed by atoms with E-state index in [2.05, 4.69) is 35.3 Å². The second kappa shape index (κ2) is 5.67. The van der Waals surface area contributed by atoms with Gasteiger partial charge in [0.05, 0.1) is 0 Å². The summed E-state index contributed by atoms with van der Waals surface area (Å²) in [5.41, 5.74) is 11.8. The number of benzene rings is 2. The largest absolute Gasteiger partial charge is 0.383 e. The van der Waals surface area contributed by atoms with E-state index < -0.39 is 0 Å². The zero-order valence-corrected chi connectivity index (χ0v) is 13.6. The number of hydrogen-bond acceptors (Lipinski definition) is 3. The maximum absolute atomic E-state index is 9.53. The summed E-state index contributed by atoms with van der Waals surface area (Å²) in [5, 5.41) is 10.3. The van der Waals surface area contributed by atoms with E-state index in [9.17, 15) is 5.26 Å². The van der Waals surface area contributed by atoms with E-state index in [-0.39, 0.29) is 11.7 Å². The molecule has 1 heterocycles. The normalized spacial score (nSPS) is 15.2. The number of aromatic nitrogens is 1. The zero-order valence-electron chi connectivity index (χ0n) is 12.8. The third-order valence-corrected chi connectivity index (χ3v) is 4.85. The fraction of sp³-hybridized carbons (Fsp3) is 0.100. The number of fused-ring (bicyclic) bond motifs is 3. The summed E-state index contributed by atoms with van der Waals surface area (Å²) in [6, 6.07) is 18.4. The molecular weight excluding hydrogens is 318 g/mol. The Morgan fingerprint density at radius 1 is 1.12 bits per heavy atom. The number of nitrogens with zero attached hydrogens (tertiary/aromatic N) is 2. The monoisotopic (exact) mass is 331 g/mol. The number of nitrogens with two attached hydrogens (primary N) is 1. The summed E-state index contributed by atoms with van der Waals surface area (Å²) in [5.74, 6) is 0.499. The van der Waals surface area contributed by atoms with E-state index in [0.29, 0.717) is 5.56 Å². The van der Waals surface area contributed by atoms with Crippen molar-refractivity contribution in [2.45, 2.75) is 12.3 Å². The van der Waals surface area contributed by atoms with Gasteiger partial charge in [-0.15, -0.1) is 0 Å². The van der Waals surface area contributed by atoms with Gasteiger partial charge in [0.25, 0.3) is 0 Å². The fourth-order valence-electron chi connectivity index (χ4n) is 3.49. The lowest BCUT2D eigenvalue weighted by atomic mass is 9.75. The Bertz CT molecular complexity index is 971. The van der Waals surface area contributed by atoms with Gasteiger partial charge in [0.2, 0.25) is 0 Å². The highest BCUT2D eigenvalue weighted by atomic mass is 35.5. The summed E-state index contributed by atoms with van der Waals surface area (Å²) < 4.78 is 0. The summed E-state index contributed by atoms with van der Waals surface area (Å²) in [6.45, 7) is 0. The van der Waals surface area contributed by atoms with Crippen molar-refractivity contribution in [1.29, 1.82) is 5.26 Å². The molecule has 1 atom stereocenters. The van der Waals surface area contributed by atoms with Crippen LogP contribution in [-0.4, -0.2) is 4.98 Å². The van der Waals surface area contributed by atoms with E-state index >= 15 is 0 Å². The Balaban J connectivity index is 1.95. The highest BCUT2D eigenvalue weighted by Gasteiger charge is 2.28. The Morgan fingerprint density at radius 3 is 2.62 bits per heavy atom. The third-order valence-electron chi connectivity index (χ3n) is 4.60. The number of anilines is 1. The van der Waals surface area contributed by atoms with Gasteiger partial charge in [0, 0.05) is 22.7 Å². The molecule has 3 nitrogen and oxygen atoms in total. The number of nitriles is 1. The lowest BCUT2D eigenvalue weighted by molar-refractivity contribution is 0.789. The first kappa shape index (κ1) is 14.7. The first-order valence-corrected chi connectivity index (χ1v) is 8.09. The van der Waals surface area contributed by atoms with Gasteiger partial charge in [-0.2, -0.15) is 5.26 Å². The van der Waals surface area contributed by atoms with Crippen LogP contribution in [0.15, 0.2) is 54.7 Å². The molecule has 4 rings (SSSR count). The summed E-state index contributed by atoms with van der Waals surface area (Å²) in [6.07, 6.45) is 2.58. The van der Waals surface area contributed by atoms with Crippen molar-refractivity contribution in [3.8, 4) is 17.2 Å². The summed E-state index contributed by atoms with van der Waals surface area (Å²) >= 11 is 6.03. The second-order valence-corrected chi connectivity index (χ2v) is 6.36. The van der Waals surface area contributed by atoms with Crippen LogP contribution in [0.2, 0.25) is 5.02 Å². The van der Waals surface area contributed by atoms with Crippen LogP contribution in [0.5, 0.6) is 0 Å². The van der Waals surface area contributed by atoms with Crippen LogP contribution >= 0.6 is 11.6 Å². The Kier molecular flexibility index (Phi) is 3.48. The molecular formula is C20H14ClN3. The van der Waals surface area contributed by atoms with E-state index in [1.807, 2.05) is 24.3 Å². The van der Waals surface area contributed by atoms with Gasteiger partial charge in [-0.25, -0.2) is 4.98 Å². The predicted octanol–water partition coefficient (Wildman–Crippen LogP) is 4.54. The van der Waals surface area contributed by atoms with Crippen molar-refractivity contribution in [2.24, 2.45) is 0 Å². The van der Waals surface area contributed by atoms with E-state index in [0.717, 1.165) is 28.1 Å². The topological polar surface area (TPSA) is 62.7 Å². The summed E-state index contributed by atoms with van der Waals surface area (Å²) in [7, 11) is 0. The van der Waals surface area contributed by atoms with Gasteiger partial charge in [-0.3, -0.25) is 0 Å². The molecule has 0 bridgehead atoms. The minimum absolute atomic E-state index is 0.211. The van der Waals surface area contributed by atoms with Crippen molar-refractivity contribution in [1.82, 2.24) is 4.98 Å². The van der Waals surface area contributed by atoms with Gasteiger partial charge in [-0.05, 0) is 40.8 Å². The maximum Gasteiger partial charge on any atom is 0.141 e. The number of rotatable bonds is 1. The van der Waals surface area contributed by atoms with Crippen LogP contribution < -0.4 is 5.73 Å². The molecule has 1 aliphatic carbocycles. The molecule has 2 aromatic carbocycles. The predicted molar refractivity (Wildman–Crippen MR) is 95.8 cm³/mol. The molecule has 1 aromatic heterocycles.